The number of hydrogen-bond donors (Lipinski definition) is 0. The molecule has 2 aliphatic heterocycles. The number of morpholine rings is 1. The van der Waals surface area contributed by atoms with Crippen molar-refractivity contribution in [2.24, 2.45) is 5.10 Å². The van der Waals surface area contributed by atoms with Crippen LogP contribution in [0, 0.1) is 10.1 Å². The number of carbonyl (C=O) groups excluding carboxylic acids is 1. The topological polar surface area (TPSA) is 111 Å². The fourth-order valence-electron chi connectivity index (χ4n) is 2.41. The zero-order valence-corrected chi connectivity index (χ0v) is 13.5. The molecule has 3 heterocycles. The van der Waals surface area contributed by atoms with Gasteiger partial charge in [0, 0.05) is 19.6 Å². The highest BCUT2D eigenvalue weighted by Crippen LogP contribution is 2.16. The van der Waals surface area contributed by atoms with Gasteiger partial charge in [-0.05, 0) is 6.07 Å². The van der Waals surface area contributed by atoms with Gasteiger partial charge in [0.1, 0.15) is 11.0 Å². The Kier molecular flexibility index (Phi) is 6.12. The minimum Gasteiger partial charge on any atom is -0.441 e. The summed E-state index contributed by atoms with van der Waals surface area (Å²) in [6, 6.07) is 2.64. The Balaban J connectivity index is 0.00000208. The number of cyclic esters (lactones) is 1. The van der Waals surface area contributed by atoms with Crippen molar-refractivity contribution in [2.45, 2.75) is 6.10 Å². The van der Waals surface area contributed by atoms with E-state index < -0.39 is 11.0 Å². The molecule has 11 heteroatoms. The summed E-state index contributed by atoms with van der Waals surface area (Å²) >= 11 is 0. The van der Waals surface area contributed by atoms with E-state index >= 15 is 0 Å². The first-order chi connectivity index (χ1) is 11.1. The lowest BCUT2D eigenvalue weighted by atomic mass is 10.3. The first kappa shape index (κ1) is 18.2. The number of halogens is 1. The number of furan rings is 1. The Bertz CT molecular complexity index is 615. The molecule has 2 aliphatic rings. The Hall–Kier alpha value is -2.17. The van der Waals surface area contributed by atoms with Gasteiger partial charge in [0.25, 0.3) is 0 Å². The molecule has 10 nitrogen and oxygen atoms in total. The highest BCUT2D eigenvalue weighted by Gasteiger charge is 2.32. The van der Waals surface area contributed by atoms with Gasteiger partial charge in [-0.2, -0.15) is 10.1 Å². The van der Waals surface area contributed by atoms with Crippen LogP contribution in [0.5, 0.6) is 0 Å². The van der Waals surface area contributed by atoms with Gasteiger partial charge >= 0.3 is 12.0 Å². The third-order valence-corrected chi connectivity index (χ3v) is 3.54. The molecule has 0 aromatic carbocycles. The summed E-state index contributed by atoms with van der Waals surface area (Å²) in [7, 11) is 0. The first-order valence-electron chi connectivity index (χ1n) is 7.18. The van der Waals surface area contributed by atoms with Gasteiger partial charge in [-0.15, -0.1) is 12.4 Å². The molecule has 0 spiro atoms. The summed E-state index contributed by atoms with van der Waals surface area (Å²) in [6.07, 6.45) is 0.454. The van der Waals surface area contributed by atoms with Crippen LogP contribution >= 0.6 is 12.4 Å². The van der Waals surface area contributed by atoms with E-state index in [1.54, 1.807) is 0 Å². The molecule has 0 radical (unpaired) electrons. The number of rotatable bonds is 5. The third kappa shape index (κ3) is 4.43. The van der Waals surface area contributed by atoms with Gasteiger partial charge in [0.05, 0.1) is 32.0 Å². The fourth-order valence-corrected chi connectivity index (χ4v) is 2.41. The number of ether oxygens (including phenoxy) is 2. The molecule has 2 fully saturated rings. The number of hydrogen-bond acceptors (Lipinski definition) is 8. The maximum atomic E-state index is 11.8. The van der Waals surface area contributed by atoms with Crippen molar-refractivity contribution >= 4 is 30.6 Å². The monoisotopic (exact) mass is 360 g/mol. The largest absolute Gasteiger partial charge is 0.441 e. The predicted molar refractivity (Wildman–Crippen MR) is 84.4 cm³/mol. The van der Waals surface area contributed by atoms with Crippen molar-refractivity contribution in [2.75, 3.05) is 39.4 Å². The van der Waals surface area contributed by atoms with Gasteiger partial charge < -0.3 is 13.9 Å². The molecule has 132 valence electrons. The van der Waals surface area contributed by atoms with Crippen LogP contribution in [0.3, 0.4) is 0 Å². The molecule has 2 saturated heterocycles. The zero-order chi connectivity index (χ0) is 16.2. The molecule has 0 unspecified atom stereocenters. The molecule has 0 N–H and O–H groups in total. The van der Waals surface area contributed by atoms with Gasteiger partial charge in [0.15, 0.2) is 5.76 Å². The van der Waals surface area contributed by atoms with Gasteiger partial charge in [-0.3, -0.25) is 15.0 Å². The maximum Gasteiger partial charge on any atom is 0.433 e. The quantitative estimate of drug-likeness (QED) is 0.439. The van der Waals surface area contributed by atoms with Crippen LogP contribution in [0.15, 0.2) is 21.7 Å². The van der Waals surface area contributed by atoms with E-state index in [9.17, 15) is 14.9 Å². The molecule has 1 aromatic heterocycles. The highest BCUT2D eigenvalue weighted by atomic mass is 35.5. The minimum absolute atomic E-state index is 0. The molecule has 0 bridgehead atoms. The Labute approximate surface area is 143 Å². The molecular formula is C13H17ClN4O6. The maximum absolute atomic E-state index is 11.8. The van der Waals surface area contributed by atoms with Crippen molar-refractivity contribution in [1.29, 1.82) is 0 Å². The Morgan fingerprint density at radius 1 is 1.38 bits per heavy atom. The van der Waals surface area contributed by atoms with E-state index in [0.717, 1.165) is 13.1 Å². The number of carbonyl (C=O) groups is 1. The number of amides is 1. The molecule has 1 atom stereocenters. The molecular weight excluding hydrogens is 344 g/mol. The molecule has 1 amide bonds. The average Bonchev–Trinajstić information content (AvgIpc) is 3.13. The summed E-state index contributed by atoms with van der Waals surface area (Å²) in [5.41, 5.74) is 0. The van der Waals surface area contributed by atoms with Crippen molar-refractivity contribution in [3.8, 4) is 0 Å². The van der Waals surface area contributed by atoms with Gasteiger partial charge in [0.2, 0.25) is 0 Å². The first-order valence-corrected chi connectivity index (χ1v) is 7.18. The van der Waals surface area contributed by atoms with Crippen molar-refractivity contribution in [3.63, 3.8) is 0 Å². The van der Waals surface area contributed by atoms with E-state index in [0.29, 0.717) is 26.3 Å². The summed E-state index contributed by atoms with van der Waals surface area (Å²) in [4.78, 5) is 23.8. The van der Waals surface area contributed by atoms with E-state index in [4.69, 9.17) is 13.9 Å². The molecule has 1 aromatic rings. The van der Waals surface area contributed by atoms with E-state index in [-0.39, 0.29) is 30.2 Å². The normalized spacial score (nSPS) is 21.8. The predicted octanol–water partition coefficient (Wildman–Crippen LogP) is 1.10. The van der Waals surface area contributed by atoms with Crippen molar-refractivity contribution < 1.29 is 23.6 Å². The second kappa shape index (κ2) is 8.08. The van der Waals surface area contributed by atoms with Crippen LogP contribution < -0.4 is 0 Å². The summed E-state index contributed by atoms with van der Waals surface area (Å²) in [5.74, 6) is -0.179. The standard InChI is InChI=1S/C13H16N4O6.ClH/c18-13-16(14-7-10-1-2-12(22-10)17(19)20)9-11(23-13)8-15-3-5-21-6-4-15;/h1-2,7,11H,3-6,8-9H2;1H/t11-;/m0./s1. The zero-order valence-electron chi connectivity index (χ0n) is 12.7. The molecule has 0 saturated carbocycles. The lowest BCUT2D eigenvalue weighted by molar-refractivity contribution is -0.402. The molecule has 24 heavy (non-hydrogen) atoms. The third-order valence-electron chi connectivity index (χ3n) is 3.54. The Morgan fingerprint density at radius 2 is 2.12 bits per heavy atom. The lowest BCUT2D eigenvalue weighted by Gasteiger charge is -2.27. The highest BCUT2D eigenvalue weighted by molar-refractivity contribution is 5.85. The van der Waals surface area contributed by atoms with Crippen LogP contribution in [0.1, 0.15) is 5.76 Å². The minimum atomic E-state index is -0.639. The summed E-state index contributed by atoms with van der Waals surface area (Å²) in [6.45, 7) is 3.95. The van der Waals surface area contributed by atoms with Crippen LogP contribution in [0.4, 0.5) is 10.7 Å². The average molecular weight is 361 g/mol. The van der Waals surface area contributed by atoms with Crippen LogP contribution in [0.2, 0.25) is 0 Å². The van der Waals surface area contributed by atoms with Crippen molar-refractivity contribution in [3.05, 3.63) is 28.0 Å². The SMILES string of the molecule is Cl.O=C1O[C@@H](CN2CCOCC2)CN1N=Cc1ccc([N+](=O)[O-])o1. The fraction of sp³-hybridized carbons (Fsp3) is 0.538. The smallest absolute Gasteiger partial charge is 0.433 e. The summed E-state index contributed by atoms with van der Waals surface area (Å²) < 4.78 is 15.5. The van der Waals surface area contributed by atoms with Gasteiger partial charge in [-0.25, -0.2) is 4.79 Å². The number of nitro groups is 1. The van der Waals surface area contributed by atoms with E-state index in [1.165, 1.54) is 23.4 Å². The van der Waals surface area contributed by atoms with Crippen LogP contribution in [0.25, 0.3) is 0 Å². The second-order valence-electron chi connectivity index (χ2n) is 5.18. The van der Waals surface area contributed by atoms with Crippen molar-refractivity contribution in [1.82, 2.24) is 9.91 Å². The molecule has 3 rings (SSSR count). The second-order valence-corrected chi connectivity index (χ2v) is 5.18. The van der Waals surface area contributed by atoms with Crippen LogP contribution in [-0.4, -0.2) is 72.6 Å². The van der Waals surface area contributed by atoms with Crippen LogP contribution in [-0.2, 0) is 9.47 Å². The number of nitrogens with zero attached hydrogens (tertiary/aromatic N) is 4. The molecule has 0 aliphatic carbocycles. The number of hydrazone groups is 1. The van der Waals surface area contributed by atoms with Gasteiger partial charge in [-0.1, -0.05) is 0 Å². The van der Waals surface area contributed by atoms with E-state index in [2.05, 4.69) is 10.0 Å². The summed E-state index contributed by atoms with van der Waals surface area (Å²) in [5, 5.41) is 15.7. The Morgan fingerprint density at radius 3 is 2.79 bits per heavy atom. The van der Waals surface area contributed by atoms with E-state index in [1.807, 2.05) is 0 Å². The lowest BCUT2D eigenvalue weighted by Crippen LogP contribution is -2.41.